The Bertz CT molecular complexity index is 785. The number of likely N-dealkylation sites (N-methyl/N-ethyl adjacent to an activating group) is 1. The van der Waals surface area contributed by atoms with Crippen molar-refractivity contribution in [3.05, 3.63) is 65.2 Å². The van der Waals surface area contributed by atoms with E-state index in [1.54, 1.807) is 12.0 Å². The largest absolute Gasteiger partial charge is 0.497 e. The van der Waals surface area contributed by atoms with Crippen molar-refractivity contribution in [3.8, 4) is 5.75 Å². The molecule has 0 aliphatic carbocycles. The Morgan fingerprint density at radius 3 is 2.61 bits per heavy atom. The van der Waals surface area contributed by atoms with Gasteiger partial charge < -0.3 is 19.4 Å². The van der Waals surface area contributed by atoms with Crippen molar-refractivity contribution >= 4 is 5.91 Å². The van der Waals surface area contributed by atoms with E-state index in [1.165, 1.54) is 21.6 Å². The van der Waals surface area contributed by atoms with E-state index in [0.29, 0.717) is 6.54 Å². The van der Waals surface area contributed by atoms with Gasteiger partial charge in [-0.3, -0.25) is 4.79 Å². The van der Waals surface area contributed by atoms with Crippen LogP contribution in [0.4, 0.5) is 0 Å². The summed E-state index contributed by atoms with van der Waals surface area (Å²) < 4.78 is 5.29. The summed E-state index contributed by atoms with van der Waals surface area (Å²) in [5.41, 5.74) is 3.97. The minimum Gasteiger partial charge on any atom is -0.497 e. The molecule has 0 spiro atoms. The summed E-state index contributed by atoms with van der Waals surface area (Å²) in [6.45, 7) is 8.33. The number of benzene rings is 2. The van der Waals surface area contributed by atoms with Crippen molar-refractivity contribution < 1.29 is 19.3 Å². The monoisotopic (exact) mass is 383 g/mol. The van der Waals surface area contributed by atoms with Gasteiger partial charge >= 0.3 is 0 Å². The molecule has 1 unspecified atom stereocenters. The van der Waals surface area contributed by atoms with E-state index in [4.69, 9.17) is 4.74 Å². The van der Waals surface area contributed by atoms with Crippen molar-refractivity contribution in [1.82, 2.24) is 4.90 Å². The maximum Gasteiger partial charge on any atom is 0.278 e. The number of hydrogen-bond donors (Lipinski definition) is 2. The number of ether oxygens (including phenoxy) is 1. The van der Waals surface area contributed by atoms with Gasteiger partial charge in [-0.1, -0.05) is 36.4 Å². The first-order valence-corrected chi connectivity index (χ1v) is 10.1. The van der Waals surface area contributed by atoms with Crippen molar-refractivity contribution in [2.45, 2.75) is 20.0 Å². The van der Waals surface area contributed by atoms with Gasteiger partial charge in [0.25, 0.3) is 5.91 Å². The van der Waals surface area contributed by atoms with Crippen LogP contribution in [0.2, 0.25) is 0 Å². The van der Waals surface area contributed by atoms with E-state index in [9.17, 15) is 4.79 Å². The first-order valence-electron chi connectivity index (χ1n) is 10.1. The first kappa shape index (κ1) is 20.4. The number of piperazine rings is 1. The van der Waals surface area contributed by atoms with Gasteiger partial charge in [-0.2, -0.15) is 0 Å². The Hall–Kier alpha value is -2.37. The molecular weight excluding hydrogens is 350 g/mol. The fourth-order valence-electron chi connectivity index (χ4n) is 3.89. The molecule has 0 radical (unpaired) electrons. The van der Waals surface area contributed by atoms with Crippen LogP contribution in [0.1, 0.15) is 16.7 Å². The van der Waals surface area contributed by atoms with Crippen LogP contribution in [0.5, 0.6) is 5.75 Å². The summed E-state index contributed by atoms with van der Waals surface area (Å²) in [6.07, 6.45) is 0. The maximum atomic E-state index is 12.7. The number of carbonyl (C=O) groups is 1. The lowest BCUT2D eigenvalue weighted by atomic mass is 10.1. The SMILES string of the molecule is COc1cccc(C[NH+](C)CC(=O)N2CC[NH+](Cc3ccccc3C)CC2)c1. The zero-order valence-electron chi connectivity index (χ0n) is 17.3. The predicted molar refractivity (Wildman–Crippen MR) is 111 cm³/mol. The van der Waals surface area contributed by atoms with Crippen LogP contribution in [0.15, 0.2) is 48.5 Å². The molecule has 1 aliphatic rings. The molecule has 1 saturated heterocycles. The fraction of sp³-hybridized carbons (Fsp3) is 0.435. The smallest absolute Gasteiger partial charge is 0.278 e. The van der Waals surface area contributed by atoms with Crippen molar-refractivity contribution in [2.24, 2.45) is 0 Å². The molecule has 5 heteroatoms. The standard InChI is InChI=1S/C23H31N3O2/c1-19-7-4-5-9-21(19)17-25-11-13-26(14-12-25)23(27)18-24(2)16-20-8-6-10-22(15-20)28-3/h4-10,15H,11-14,16-18H2,1-3H3/p+2. The molecule has 2 aromatic carbocycles. The summed E-state index contributed by atoms with van der Waals surface area (Å²) in [6, 6.07) is 16.7. The Labute approximate surface area is 168 Å². The van der Waals surface area contributed by atoms with E-state index in [0.717, 1.165) is 45.0 Å². The Balaban J connectivity index is 1.45. The minimum absolute atomic E-state index is 0.260. The van der Waals surface area contributed by atoms with Crippen LogP contribution in [-0.4, -0.2) is 57.7 Å². The van der Waals surface area contributed by atoms with Gasteiger partial charge in [0.15, 0.2) is 6.54 Å². The molecule has 1 aliphatic heterocycles. The third-order valence-electron chi connectivity index (χ3n) is 5.62. The third-order valence-corrected chi connectivity index (χ3v) is 5.62. The molecule has 2 N–H and O–H groups in total. The van der Waals surface area contributed by atoms with Gasteiger partial charge in [0.2, 0.25) is 0 Å². The highest BCUT2D eigenvalue weighted by Crippen LogP contribution is 2.11. The molecule has 0 aromatic heterocycles. The van der Waals surface area contributed by atoms with Crippen LogP contribution in [-0.2, 0) is 17.9 Å². The van der Waals surface area contributed by atoms with Crippen LogP contribution in [0, 0.1) is 6.92 Å². The van der Waals surface area contributed by atoms with E-state index < -0.39 is 0 Å². The average molecular weight is 384 g/mol. The van der Waals surface area contributed by atoms with Gasteiger partial charge in [0, 0.05) is 11.1 Å². The molecule has 28 heavy (non-hydrogen) atoms. The highest BCUT2D eigenvalue weighted by atomic mass is 16.5. The first-order chi connectivity index (χ1) is 13.5. The molecule has 150 valence electrons. The molecule has 1 fully saturated rings. The van der Waals surface area contributed by atoms with Gasteiger partial charge in [-0.25, -0.2) is 0 Å². The van der Waals surface area contributed by atoms with Crippen LogP contribution in [0.3, 0.4) is 0 Å². The summed E-state index contributed by atoms with van der Waals surface area (Å²) in [4.78, 5) is 17.5. The van der Waals surface area contributed by atoms with E-state index in [2.05, 4.69) is 44.3 Å². The maximum absolute atomic E-state index is 12.7. The molecular formula is C23H33N3O2+2. The van der Waals surface area contributed by atoms with E-state index >= 15 is 0 Å². The van der Waals surface area contributed by atoms with Crippen LogP contribution in [0.25, 0.3) is 0 Å². The molecule has 1 amide bonds. The van der Waals surface area contributed by atoms with E-state index in [-0.39, 0.29) is 5.91 Å². The lowest BCUT2D eigenvalue weighted by molar-refractivity contribution is -0.918. The summed E-state index contributed by atoms with van der Waals surface area (Å²) in [5.74, 6) is 1.12. The summed E-state index contributed by atoms with van der Waals surface area (Å²) in [5, 5.41) is 0. The van der Waals surface area contributed by atoms with Gasteiger partial charge in [0.05, 0.1) is 40.3 Å². The van der Waals surface area contributed by atoms with Gasteiger partial charge in [0.1, 0.15) is 18.8 Å². The second kappa shape index (κ2) is 9.71. The fourth-order valence-corrected chi connectivity index (χ4v) is 3.89. The normalized spacial score (nSPS) is 16.0. The molecule has 0 saturated carbocycles. The number of nitrogens with zero attached hydrogens (tertiary/aromatic N) is 1. The van der Waals surface area contributed by atoms with Gasteiger partial charge in [-0.05, 0) is 24.6 Å². The number of methoxy groups -OCH3 is 1. The number of amides is 1. The zero-order chi connectivity index (χ0) is 19.9. The number of hydrogen-bond acceptors (Lipinski definition) is 2. The number of aryl methyl sites for hydroxylation is 1. The highest BCUT2D eigenvalue weighted by molar-refractivity contribution is 5.77. The average Bonchev–Trinajstić information content (AvgIpc) is 2.70. The Morgan fingerprint density at radius 2 is 1.89 bits per heavy atom. The van der Waals surface area contributed by atoms with Gasteiger partial charge in [-0.15, -0.1) is 0 Å². The molecule has 2 aromatic rings. The second-order valence-electron chi connectivity index (χ2n) is 7.90. The topological polar surface area (TPSA) is 38.4 Å². The van der Waals surface area contributed by atoms with Crippen LogP contribution >= 0.6 is 0 Å². The summed E-state index contributed by atoms with van der Waals surface area (Å²) in [7, 11) is 3.76. The summed E-state index contributed by atoms with van der Waals surface area (Å²) >= 11 is 0. The van der Waals surface area contributed by atoms with Crippen LogP contribution < -0.4 is 14.5 Å². The molecule has 1 heterocycles. The lowest BCUT2D eigenvalue weighted by Gasteiger charge is -2.32. The number of quaternary nitrogens is 2. The minimum atomic E-state index is 0.260. The molecule has 3 rings (SSSR count). The molecule has 5 nitrogen and oxygen atoms in total. The number of rotatable bonds is 7. The quantitative estimate of drug-likeness (QED) is 0.704. The number of nitrogens with one attached hydrogen (secondary N) is 2. The van der Waals surface area contributed by atoms with Crippen molar-refractivity contribution in [2.75, 3.05) is 46.9 Å². The highest BCUT2D eigenvalue weighted by Gasteiger charge is 2.25. The second-order valence-corrected chi connectivity index (χ2v) is 7.90. The van der Waals surface area contributed by atoms with E-state index in [1.807, 2.05) is 23.1 Å². The molecule has 0 bridgehead atoms. The Kier molecular flexibility index (Phi) is 7.06. The van der Waals surface area contributed by atoms with Crippen molar-refractivity contribution in [1.29, 1.82) is 0 Å². The third kappa shape index (κ3) is 5.57. The Morgan fingerprint density at radius 1 is 1.14 bits per heavy atom. The zero-order valence-corrected chi connectivity index (χ0v) is 17.3. The lowest BCUT2D eigenvalue weighted by Crippen LogP contribution is -3.14. The number of carbonyl (C=O) groups excluding carboxylic acids is 1. The predicted octanol–water partition coefficient (Wildman–Crippen LogP) is -0.0544. The molecule has 1 atom stereocenters. The van der Waals surface area contributed by atoms with Crippen molar-refractivity contribution in [3.63, 3.8) is 0 Å².